The van der Waals surface area contributed by atoms with Gasteiger partial charge in [-0.2, -0.15) is 0 Å². The van der Waals surface area contributed by atoms with Crippen molar-refractivity contribution in [2.24, 2.45) is 5.92 Å². The molecule has 0 spiro atoms. The molecule has 2 aliphatic heterocycles. The van der Waals surface area contributed by atoms with E-state index in [1.165, 1.54) is 0 Å². The van der Waals surface area contributed by atoms with Crippen LogP contribution in [0.3, 0.4) is 0 Å². The van der Waals surface area contributed by atoms with Gasteiger partial charge >= 0.3 is 12.1 Å². The van der Waals surface area contributed by atoms with Crippen molar-refractivity contribution >= 4 is 12.1 Å². The predicted octanol–water partition coefficient (Wildman–Crippen LogP) is 0.302. The normalized spacial score (nSPS) is 31.7. The van der Waals surface area contributed by atoms with Crippen molar-refractivity contribution in [3.05, 3.63) is 0 Å². The van der Waals surface area contributed by atoms with Crippen LogP contribution in [0.15, 0.2) is 0 Å². The van der Waals surface area contributed by atoms with Crippen molar-refractivity contribution in [2.75, 3.05) is 13.1 Å². The van der Waals surface area contributed by atoms with E-state index in [-0.39, 0.29) is 24.5 Å². The number of nitrogens with zero attached hydrogens (tertiary/aromatic N) is 1. The third-order valence-electron chi connectivity index (χ3n) is 2.64. The molecule has 2 heterocycles. The number of carboxylic acids is 1. The van der Waals surface area contributed by atoms with Crippen LogP contribution >= 0.6 is 0 Å². The van der Waals surface area contributed by atoms with Gasteiger partial charge in [-0.3, -0.25) is 4.79 Å². The van der Waals surface area contributed by atoms with Gasteiger partial charge in [-0.1, -0.05) is 0 Å². The first-order valence-electron chi connectivity index (χ1n) is 4.34. The summed E-state index contributed by atoms with van der Waals surface area (Å²) in [4.78, 5) is 23.1. The lowest BCUT2D eigenvalue weighted by Gasteiger charge is -2.25. The first-order valence-corrected chi connectivity index (χ1v) is 4.34. The summed E-state index contributed by atoms with van der Waals surface area (Å²) in [5.74, 6) is -0.818. The summed E-state index contributed by atoms with van der Waals surface area (Å²) in [6.45, 7) is 1.20. The van der Waals surface area contributed by atoms with E-state index >= 15 is 0 Å². The van der Waals surface area contributed by atoms with Crippen molar-refractivity contribution < 1.29 is 19.4 Å². The van der Waals surface area contributed by atoms with Gasteiger partial charge in [-0.25, -0.2) is 4.79 Å². The van der Waals surface area contributed by atoms with Crippen LogP contribution in [0.1, 0.15) is 12.8 Å². The van der Waals surface area contributed by atoms with Gasteiger partial charge in [0.25, 0.3) is 0 Å². The number of carbonyl (C=O) groups is 2. The highest BCUT2D eigenvalue weighted by molar-refractivity contribution is 5.71. The number of rotatable bonds is 2. The average molecular weight is 185 g/mol. The summed E-state index contributed by atoms with van der Waals surface area (Å²) in [5.41, 5.74) is 0. The largest absolute Gasteiger partial charge is 0.481 e. The zero-order chi connectivity index (χ0) is 9.42. The Kier molecular flexibility index (Phi) is 1.86. The fourth-order valence-electron chi connectivity index (χ4n) is 1.93. The molecule has 0 aliphatic carbocycles. The Morgan fingerprint density at radius 3 is 3.15 bits per heavy atom. The minimum Gasteiger partial charge on any atom is -0.481 e. The molecule has 2 aliphatic rings. The SMILES string of the molecule is O=C(O)C[C@@H]1CCN2C[C@@H]1OC2=O. The zero-order valence-corrected chi connectivity index (χ0v) is 7.10. The average Bonchev–Trinajstić information content (AvgIpc) is 2.34. The zero-order valence-electron chi connectivity index (χ0n) is 7.10. The number of aliphatic carboxylic acids is 1. The standard InChI is InChI=1S/C8H11NO4/c10-7(11)3-5-1-2-9-4-6(5)13-8(9)12/h5-6H,1-4H2,(H,10,11)/t5-,6-/m0/s1. The number of hydrogen-bond acceptors (Lipinski definition) is 3. The summed E-state index contributed by atoms with van der Waals surface area (Å²) in [7, 11) is 0. The molecule has 13 heavy (non-hydrogen) atoms. The molecule has 2 atom stereocenters. The third kappa shape index (κ3) is 1.46. The molecule has 2 saturated heterocycles. The van der Waals surface area contributed by atoms with E-state index in [2.05, 4.69) is 0 Å². The topological polar surface area (TPSA) is 66.8 Å². The van der Waals surface area contributed by atoms with Crippen LogP contribution in [0.25, 0.3) is 0 Å². The van der Waals surface area contributed by atoms with E-state index in [9.17, 15) is 9.59 Å². The number of fused-ring (bicyclic) bond motifs is 2. The quantitative estimate of drug-likeness (QED) is 0.672. The van der Waals surface area contributed by atoms with Crippen LogP contribution in [0.2, 0.25) is 0 Å². The number of hydrogen-bond donors (Lipinski definition) is 1. The number of carbonyl (C=O) groups excluding carboxylic acids is 1. The smallest absolute Gasteiger partial charge is 0.410 e. The van der Waals surface area contributed by atoms with E-state index in [0.29, 0.717) is 13.1 Å². The van der Waals surface area contributed by atoms with Crippen LogP contribution < -0.4 is 0 Å². The van der Waals surface area contributed by atoms with E-state index in [1.807, 2.05) is 0 Å². The van der Waals surface area contributed by atoms with Gasteiger partial charge in [-0.05, 0) is 6.42 Å². The molecule has 2 rings (SSSR count). The molecule has 0 aromatic rings. The Labute approximate surface area is 75.3 Å². The number of amides is 1. The molecule has 0 aromatic heterocycles. The molecular weight excluding hydrogens is 174 g/mol. The highest BCUT2D eigenvalue weighted by atomic mass is 16.6. The van der Waals surface area contributed by atoms with Crippen molar-refractivity contribution in [3.63, 3.8) is 0 Å². The van der Waals surface area contributed by atoms with Gasteiger partial charge in [0.1, 0.15) is 6.10 Å². The molecule has 1 amide bonds. The van der Waals surface area contributed by atoms with Crippen LogP contribution in [-0.4, -0.2) is 41.3 Å². The molecule has 0 saturated carbocycles. The molecule has 0 aromatic carbocycles. The predicted molar refractivity (Wildman–Crippen MR) is 42.2 cm³/mol. The minimum absolute atomic E-state index is 0.000185. The van der Waals surface area contributed by atoms with Crippen LogP contribution in [0.4, 0.5) is 4.79 Å². The summed E-state index contributed by atoms with van der Waals surface area (Å²) < 4.78 is 5.02. The molecule has 2 bridgehead atoms. The van der Waals surface area contributed by atoms with Gasteiger partial charge in [0.2, 0.25) is 0 Å². The van der Waals surface area contributed by atoms with Crippen molar-refractivity contribution in [1.82, 2.24) is 4.90 Å². The second-order valence-electron chi connectivity index (χ2n) is 3.51. The molecular formula is C8H11NO4. The minimum atomic E-state index is -0.818. The van der Waals surface area contributed by atoms with E-state index < -0.39 is 5.97 Å². The second-order valence-corrected chi connectivity index (χ2v) is 3.51. The molecule has 5 nitrogen and oxygen atoms in total. The molecule has 1 N–H and O–H groups in total. The number of ether oxygens (including phenoxy) is 1. The molecule has 0 radical (unpaired) electrons. The number of piperidine rings is 1. The maximum absolute atomic E-state index is 11.0. The molecule has 2 fully saturated rings. The van der Waals surface area contributed by atoms with Crippen LogP contribution in [0.5, 0.6) is 0 Å². The summed E-state index contributed by atoms with van der Waals surface area (Å²) in [6.07, 6.45) is 0.351. The Morgan fingerprint density at radius 2 is 2.46 bits per heavy atom. The Hall–Kier alpha value is -1.26. The fourth-order valence-corrected chi connectivity index (χ4v) is 1.93. The van der Waals surface area contributed by atoms with E-state index in [4.69, 9.17) is 9.84 Å². The van der Waals surface area contributed by atoms with Crippen molar-refractivity contribution in [2.45, 2.75) is 18.9 Å². The van der Waals surface area contributed by atoms with Gasteiger partial charge in [0.05, 0.1) is 13.0 Å². The van der Waals surface area contributed by atoms with E-state index in [0.717, 1.165) is 6.42 Å². The summed E-state index contributed by atoms with van der Waals surface area (Å²) in [6, 6.07) is 0. The van der Waals surface area contributed by atoms with Crippen LogP contribution in [0, 0.1) is 5.92 Å². The van der Waals surface area contributed by atoms with Gasteiger partial charge in [-0.15, -0.1) is 0 Å². The van der Waals surface area contributed by atoms with E-state index in [1.54, 1.807) is 4.90 Å². The number of carboxylic acid groups (broad SMARTS) is 1. The lowest BCUT2D eigenvalue weighted by Crippen LogP contribution is -2.37. The van der Waals surface area contributed by atoms with Gasteiger partial charge in [0.15, 0.2) is 0 Å². The fraction of sp³-hybridized carbons (Fsp3) is 0.750. The molecule has 0 unspecified atom stereocenters. The first-order chi connectivity index (χ1) is 6.16. The molecule has 5 heteroatoms. The lowest BCUT2D eigenvalue weighted by atomic mass is 9.92. The van der Waals surface area contributed by atoms with Gasteiger partial charge < -0.3 is 14.7 Å². The maximum Gasteiger partial charge on any atom is 0.410 e. The summed E-state index contributed by atoms with van der Waals surface area (Å²) in [5, 5.41) is 8.60. The Morgan fingerprint density at radius 1 is 1.69 bits per heavy atom. The first kappa shape index (κ1) is 8.34. The third-order valence-corrected chi connectivity index (χ3v) is 2.64. The highest BCUT2D eigenvalue weighted by Crippen LogP contribution is 2.29. The van der Waals surface area contributed by atoms with Crippen molar-refractivity contribution in [3.8, 4) is 0 Å². The monoisotopic (exact) mass is 185 g/mol. The van der Waals surface area contributed by atoms with Crippen LogP contribution in [-0.2, 0) is 9.53 Å². The Bertz CT molecular complexity index is 253. The highest BCUT2D eigenvalue weighted by Gasteiger charge is 2.41. The molecule has 72 valence electrons. The lowest BCUT2D eigenvalue weighted by molar-refractivity contribution is -0.139. The maximum atomic E-state index is 11.0. The Balaban J connectivity index is 2.01. The second kappa shape index (κ2) is 2.90. The summed E-state index contributed by atoms with van der Waals surface area (Å²) >= 11 is 0. The van der Waals surface area contributed by atoms with Gasteiger partial charge in [0, 0.05) is 12.5 Å². The van der Waals surface area contributed by atoms with Crippen molar-refractivity contribution in [1.29, 1.82) is 0 Å².